The number of nitrogens with zero attached hydrogens (tertiary/aromatic N) is 5. The molecule has 1 aliphatic heterocycles. The molecule has 1 aliphatic rings. The number of hydrogen-bond acceptors (Lipinski definition) is 6. The van der Waals surface area contributed by atoms with Gasteiger partial charge in [-0.15, -0.1) is 24.0 Å². The van der Waals surface area contributed by atoms with Crippen molar-refractivity contribution in [3.63, 3.8) is 0 Å². The lowest BCUT2D eigenvalue weighted by molar-refractivity contribution is 0.365. The fraction of sp³-hybridized carbons (Fsp3) is 0.550. The zero-order valence-electron chi connectivity index (χ0n) is 17.4. The van der Waals surface area contributed by atoms with Gasteiger partial charge in [-0.25, -0.2) is 0 Å². The Morgan fingerprint density at radius 3 is 2.66 bits per heavy atom. The van der Waals surface area contributed by atoms with E-state index in [1.807, 2.05) is 19.1 Å². The molecule has 0 amide bonds. The summed E-state index contributed by atoms with van der Waals surface area (Å²) in [6.07, 6.45) is 1.64. The molecule has 1 N–H and O–H groups in total. The molecule has 0 bridgehead atoms. The first-order chi connectivity index (χ1) is 13.7. The number of guanidine groups is 1. The summed E-state index contributed by atoms with van der Waals surface area (Å²) >= 11 is 0. The van der Waals surface area contributed by atoms with Crippen molar-refractivity contribution in [2.75, 3.05) is 51.3 Å². The van der Waals surface area contributed by atoms with Crippen molar-refractivity contribution in [2.24, 2.45) is 4.99 Å². The standard InChI is InChI=1S/C20H30N6O2.HI/c1-4-21-20(22-11-7-10-19-23-16(2)24-28-19)26-14-12-25(13-15-26)17-8-5-6-9-18(17)27-3;/h5-6,8-9H,4,7,10-15H2,1-3H3,(H,21,22);1H. The van der Waals surface area contributed by atoms with E-state index in [1.54, 1.807) is 7.11 Å². The van der Waals surface area contributed by atoms with E-state index < -0.39 is 0 Å². The van der Waals surface area contributed by atoms with E-state index in [0.717, 1.165) is 69.5 Å². The van der Waals surface area contributed by atoms with Crippen LogP contribution < -0.4 is 15.0 Å². The monoisotopic (exact) mass is 514 g/mol. The van der Waals surface area contributed by atoms with E-state index >= 15 is 0 Å². The second-order valence-corrected chi connectivity index (χ2v) is 6.72. The molecule has 0 aliphatic carbocycles. The average molecular weight is 514 g/mol. The van der Waals surface area contributed by atoms with Crippen molar-refractivity contribution in [1.29, 1.82) is 0 Å². The number of anilines is 1. The van der Waals surface area contributed by atoms with Gasteiger partial charge in [-0.05, 0) is 32.4 Å². The average Bonchev–Trinajstić information content (AvgIpc) is 3.15. The third kappa shape index (κ3) is 6.48. The number of methoxy groups -OCH3 is 1. The number of nitrogens with one attached hydrogen (secondary N) is 1. The van der Waals surface area contributed by atoms with Gasteiger partial charge in [0, 0.05) is 45.7 Å². The molecule has 8 nitrogen and oxygen atoms in total. The van der Waals surface area contributed by atoms with Crippen LogP contribution >= 0.6 is 24.0 Å². The van der Waals surface area contributed by atoms with E-state index in [9.17, 15) is 0 Å². The fourth-order valence-electron chi connectivity index (χ4n) is 3.33. The van der Waals surface area contributed by atoms with E-state index in [-0.39, 0.29) is 24.0 Å². The molecule has 9 heteroatoms. The zero-order chi connectivity index (χ0) is 19.8. The number of piperazine rings is 1. The summed E-state index contributed by atoms with van der Waals surface area (Å²) in [6, 6.07) is 8.19. The van der Waals surface area contributed by atoms with E-state index in [4.69, 9.17) is 14.3 Å². The Kier molecular flexibility index (Phi) is 9.49. The first-order valence-corrected chi connectivity index (χ1v) is 9.91. The van der Waals surface area contributed by atoms with Crippen LogP contribution in [-0.2, 0) is 6.42 Å². The predicted molar refractivity (Wildman–Crippen MR) is 126 cm³/mol. The molecule has 1 aromatic heterocycles. The molecule has 1 saturated heterocycles. The highest BCUT2D eigenvalue weighted by Crippen LogP contribution is 2.28. The van der Waals surface area contributed by atoms with Crippen LogP contribution in [0.15, 0.2) is 33.8 Å². The van der Waals surface area contributed by atoms with Crippen molar-refractivity contribution in [2.45, 2.75) is 26.7 Å². The maximum Gasteiger partial charge on any atom is 0.226 e. The van der Waals surface area contributed by atoms with Crippen molar-refractivity contribution in [3.8, 4) is 5.75 Å². The third-order valence-corrected chi connectivity index (χ3v) is 4.72. The number of benzene rings is 1. The van der Waals surface area contributed by atoms with Crippen LogP contribution in [-0.4, -0.2) is 67.4 Å². The highest BCUT2D eigenvalue weighted by molar-refractivity contribution is 14.0. The number of ether oxygens (including phenoxy) is 1. The first-order valence-electron chi connectivity index (χ1n) is 9.91. The number of halogens is 1. The molecule has 1 aromatic carbocycles. The topological polar surface area (TPSA) is 79.0 Å². The second kappa shape index (κ2) is 11.8. The van der Waals surface area contributed by atoms with Gasteiger partial charge in [0.15, 0.2) is 11.8 Å². The number of hydrogen-bond donors (Lipinski definition) is 1. The van der Waals surface area contributed by atoms with E-state index in [2.05, 4.69) is 44.3 Å². The largest absolute Gasteiger partial charge is 0.495 e. The van der Waals surface area contributed by atoms with Crippen LogP contribution in [0.25, 0.3) is 0 Å². The molecule has 0 radical (unpaired) electrons. The number of para-hydroxylation sites is 2. The van der Waals surface area contributed by atoms with Gasteiger partial charge in [-0.2, -0.15) is 4.98 Å². The lowest BCUT2D eigenvalue weighted by atomic mass is 10.2. The maximum absolute atomic E-state index is 5.51. The molecule has 3 rings (SSSR count). The summed E-state index contributed by atoms with van der Waals surface area (Å²) < 4.78 is 10.7. The van der Waals surface area contributed by atoms with Gasteiger partial charge in [0.1, 0.15) is 5.75 Å². The number of aromatic nitrogens is 2. The highest BCUT2D eigenvalue weighted by Gasteiger charge is 2.21. The van der Waals surface area contributed by atoms with Crippen LogP contribution in [0.4, 0.5) is 5.69 Å². The number of rotatable bonds is 7. The number of aliphatic imine (C=N–C) groups is 1. The van der Waals surface area contributed by atoms with Crippen LogP contribution in [0.2, 0.25) is 0 Å². The SMILES string of the molecule is CCNC(=NCCCc1nc(C)no1)N1CCN(c2ccccc2OC)CC1.I. The van der Waals surface area contributed by atoms with Gasteiger partial charge < -0.3 is 24.4 Å². The van der Waals surface area contributed by atoms with Crippen LogP contribution in [0.5, 0.6) is 5.75 Å². The Labute approximate surface area is 189 Å². The summed E-state index contributed by atoms with van der Waals surface area (Å²) in [5.41, 5.74) is 1.15. The molecule has 0 saturated carbocycles. The van der Waals surface area contributed by atoms with Crippen molar-refractivity contribution in [3.05, 3.63) is 36.0 Å². The van der Waals surface area contributed by atoms with Crippen molar-refractivity contribution < 1.29 is 9.26 Å². The van der Waals surface area contributed by atoms with E-state index in [1.165, 1.54) is 0 Å². The first kappa shape index (κ1) is 23.2. The fourth-order valence-corrected chi connectivity index (χ4v) is 3.33. The Balaban J connectivity index is 0.00000300. The van der Waals surface area contributed by atoms with Crippen LogP contribution in [0.1, 0.15) is 25.1 Å². The molecule has 2 heterocycles. The van der Waals surface area contributed by atoms with Gasteiger partial charge in [0.25, 0.3) is 0 Å². The molecule has 2 aromatic rings. The lowest BCUT2D eigenvalue weighted by Gasteiger charge is -2.38. The van der Waals surface area contributed by atoms with Gasteiger partial charge >= 0.3 is 0 Å². The smallest absolute Gasteiger partial charge is 0.226 e. The lowest BCUT2D eigenvalue weighted by Crippen LogP contribution is -2.52. The summed E-state index contributed by atoms with van der Waals surface area (Å²) in [6.45, 7) is 9.24. The summed E-state index contributed by atoms with van der Waals surface area (Å²) in [7, 11) is 1.72. The Hall–Kier alpha value is -2.04. The minimum atomic E-state index is 0. The third-order valence-electron chi connectivity index (χ3n) is 4.72. The molecular formula is C20H31IN6O2. The van der Waals surface area contributed by atoms with Crippen molar-refractivity contribution >= 4 is 35.6 Å². The highest BCUT2D eigenvalue weighted by atomic mass is 127. The molecular weight excluding hydrogens is 483 g/mol. The summed E-state index contributed by atoms with van der Waals surface area (Å²) in [4.78, 5) is 13.7. The second-order valence-electron chi connectivity index (χ2n) is 6.72. The van der Waals surface area contributed by atoms with Gasteiger partial charge in [0.2, 0.25) is 5.89 Å². The quantitative estimate of drug-likeness (QED) is 0.264. The predicted octanol–water partition coefficient (Wildman–Crippen LogP) is 2.72. The van der Waals surface area contributed by atoms with E-state index in [0.29, 0.717) is 11.7 Å². The molecule has 0 spiro atoms. The Bertz CT molecular complexity index is 774. The number of aryl methyl sites for hydroxylation is 2. The van der Waals surface area contributed by atoms with Gasteiger partial charge in [0.05, 0.1) is 12.8 Å². The minimum absolute atomic E-state index is 0. The molecule has 0 unspecified atom stereocenters. The summed E-state index contributed by atoms with van der Waals surface area (Å²) in [5, 5.41) is 7.24. The van der Waals surface area contributed by atoms with Crippen molar-refractivity contribution in [1.82, 2.24) is 20.4 Å². The molecule has 160 valence electrons. The molecule has 1 fully saturated rings. The Morgan fingerprint density at radius 2 is 2.00 bits per heavy atom. The molecule has 29 heavy (non-hydrogen) atoms. The minimum Gasteiger partial charge on any atom is -0.495 e. The van der Waals surface area contributed by atoms with Gasteiger partial charge in [-0.1, -0.05) is 17.3 Å². The maximum atomic E-state index is 5.51. The molecule has 0 atom stereocenters. The van der Waals surface area contributed by atoms with Crippen LogP contribution in [0, 0.1) is 6.92 Å². The normalized spacial score (nSPS) is 14.5. The zero-order valence-corrected chi connectivity index (χ0v) is 19.8. The Morgan fingerprint density at radius 1 is 1.24 bits per heavy atom. The van der Waals surface area contributed by atoms with Gasteiger partial charge in [-0.3, -0.25) is 4.99 Å². The van der Waals surface area contributed by atoms with Crippen LogP contribution in [0.3, 0.4) is 0 Å². The summed E-state index contributed by atoms with van der Waals surface area (Å²) in [5.74, 6) is 3.26.